The first-order chi connectivity index (χ1) is 37.7. The summed E-state index contributed by atoms with van der Waals surface area (Å²) in [7, 11) is 0. The Morgan fingerprint density at radius 2 is 0.421 bits per heavy atom. The lowest BCUT2D eigenvalue weighted by Gasteiger charge is -2.29. The molecule has 0 aliphatic heterocycles. The van der Waals surface area contributed by atoms with E-state index in [-0.39, 0.29) is 0 Å². The first-order valence-corrected chi connectivity index (χ1v) is 26.2. The van der Waals surface area contributed by atoms with Crippen LogP contribution in [0.4, 0.5) is 34.1 Å². The normalized spacial score (nSPS) is 11.7. The lowest BCUT2D eigenvalue weighted by molar-refractivity contribution is 1.30. The molecule has 0 radical (unpaired) electrons. The summed E-state index contributed by atoms with van der Waals surface area (Å²) in [4.78, 5) is 4.89. The van der Waals surface area contributed by atoms with E-state index < -0.39 is 0 Å². The van der Waals surface area contributed by atoms with Gasteiger partial charge in [0.15, 0.2) is 0 Å². The van der Waals surface area contributed by atoms with Crippen LogP contribution in [0, 0.1) is 0 Å². The maximum Gasteiger partial charge on any atom is 0.0468 e. The highest BCUT2D eigenvalue weighted by molar-refractivity contribution is 6.26. The van der Waals surface area contributed by atoms with Crippen LogP contribution in [0.3, 0.4) is 0 Å². The summed E-state index contributed by atoms with van der Waals surface area (Å²) < 4.78 is 0. The molecule has 0 aliphatic carbocycles. The number of hydrogen-bond acceptors (Lipinski definition) is 2. The summed E-state index contributed by atoms with van der Waals surface area (Å²) in [6.07, 6.45) is 0. The van der Waals surface area contributed by atoms with Gasteiger partial charge in [-0.25, -0.2) is 0 Å². The Kier molecular flexibility index (Phi) is 10.2. The predicted molar refractivity (Wildman–Crippen MR) is 327 cm³/mol. The molecule has 0 saturated carbocycles. The predicted octanol–water partition coefficient (Wildman–Crippen LogP) is 21.2. The van der Waals surface area contributed by atoms with E-state index in [9.17, 15) is 0 Å². The van der Waals surface area contributed by atoms with E-state index in [1.165, 1.54) is 108 Å². The first-order valence-electron chi connectivity index (χ1n) is 26.2. The van der Waals surface area contributed by atoms with Gasteiger partial charge in [0.05, 0.1) is 0 Å². The van der Waals surface area contributed by atoms with Crippen LogP contribution in [0.2, 0.25) is 0 Å². The van der Waals surface area contributed by atoms with Crippen molar-refractivity contribution >= 4 is 120 Å². The molecule has 0 aromatic heterocycles. The SMILES string of the molecule is c1ccc2cc(N(c3ccc4ccccc4c3)c3ccc4c(-c5cccc6ccccc56)c5cc(N(c6ccc7ccccc7c6)c6ccc7ccccc7c6)ccc5c(-c5cccc6ccccc56)c4c3)ccc2c1. The van der Waals surface area contributed by atoms with Gasteiger partial charge in [-0.3, -0.25) is 0 Å². The minimum Gasteiger partial charge on any atom is -0.310 e. The van der Waals surface area contributed by atoms with Crippen LogP contribution < -0.4 is 9.80 Å². The van der Waals surface area contributed by atoms with Gasteiger partial charge in [0.2, 0.25) is 0 Å². The van der Waals surface area contributed by atoms with Crippen molar-refractivity contribution in [2.24, 2.45) is 0 Å². The Bertz CT molecular complexity index is 4330. The fourth-order valence-electron chi connectivity index (χ4n) is 12.1. The van der Waals surface area contributed by atoms with Crippen molar-refractivity contribution in [3.05, 3.63) is 291 Å². The van der Waals surface area contributed by atoms with Crippen LogP contribution in [0.1, 0.15) is 0 Å². The Labute approximate surface area is 441 Å². The third kappa shape index (κ3) is 7.34. The highest BCUT2D eigenvalue weighted by Gasteiger charge is 2.24. The smallest absolute Gasteiger partial charge is 0.0468 e. The van der Waals surface area contributed by atoms with Gasteiger partial charge >= 0.3 is 0 Å². The van der Waals surface area contributed by atoms with Gasteiger partial charge in [0.1, 0.15) is 0 Å². The quantitative estimate of drug-likeness (QED) is 0.140. The largest absolute Gasteiger partial charge is 0.310 e. The van der Waals surface area contributed by atoms with Crippen LogP contribution in [0.5, 0.6) is 0 Å². The monoisotopic (exact) mass is 964 g/mol. The molecule has 15 rings (SSSR count). The Morgan fingerprint density at radius 1 is 0.158 bits per heavy atom. The molecule has 0 N–H and O–H groups in total. The first kappa shape index (κ1) is 43.6. The van der Waals surface area contributed by atoms with Crippen molar-refractivity contribution in [3.63, 3.8) is 0 Å². The third-order valence-electron chi connectivity index (χ3n) is 15.7. The molecule has 15 aromatic carbocycles. The van der Waals surface area contributed by atoms with Crippen LogP contribution in [0.25, 0.3) is 108 Å². The summed E-state index contributed by atoms with van der Waals surface area (Å²) in [6.45, 7) is 0. The minimum absolute atomic E-state index is 1.08. The van der Waals surface area contributed by atoms with E-state index in [2.05, 4.69) is 301 Å². The lowest BCUT2D eigenvalue weighted by Crippen LogP contribution is -2.10. The molecule has 2 nitrogen and oxygen atoms in total. The topological polar surface area (TPSA) is 6.48 Å². The molecule has 0 aliphatic rings. The van der Waals surface area contributed by atoms with E-state index in [1.807, 2.05) is 0 Å². The number of nitrogens with zero attached hydrogens (tertiary/aromatic N) is 2. The maximum absolute atomic E-state index is 2.47. The van der Waals surface area contributed by atoms with Gasteiger partial charge in [-0.05, 0) is 181 Å². The number of benzene rings is 15. The van der Waals surface area contributed by atoms with Gasteiger partial charge in [-0.2, -0.15) is 0 Å². The third-order valence-corrected chi connectivity index (χ3v) is 15.7. The van der Waals surface area contributed by atoms with Crippen molar-refractivity contribution in [2.75, 3.05) is 9.80 Å². The molecule has 0 bridgehead atoms. The Morgan fingerprint density at radius 3 is 0.763 bits per heavy atom. The summed E-state index contributed by atoms with van der Waals surface area (Å²) >= 11 is 0. The van der Waals surface area contributed by atoms with Gasteiger partial charge in [-0.1, -0.05) is 218 Å². The molecule has 0 atom stereocenters. The number of anilines is 6. The molecule has 2 heteroatoms. The molecular formula is C74H48N2. The van der Waals surface area contributed by atoms with Crippen LogP contribution in [0.15, 0.2) is 291 Å². The number of rotatable bonds is 8. The fraction of sp³-hybridized carbons (Fsp3) is 0. The molecule has 0 heterocycles. The van der Waals surface area contributed by atoms with Crippen molar-refractivity contribution in [2.45, 2.75) is 0 Å². The van der Waals surface area contributed by atoms with Gasteiger partial charge in [0, 0.05) is 34.1 Å². The second kappa shape index (κ2) is 17.9. The van der Waals surface area contributed by atoms with Crippen molar-refractivity contribution in [1.29, 1.82) is 0 Å². The molecule has 354 valence electrons. The summed E-state index contributed by atoms with van der Waals surface area (Å²) in [5.41, 5.74) is 11.4. The van der Waals surface area contributed by atoms with E-state index in [0.29, 0.717) is 0 Å². The lowest BCUT2D eigenvalue weighted by atomic mass is 9.83. The highest BCUT2D eigenvalue weighted by Crippen LogP contribution is 2.51. The van der Waals surface area contributed by atoms with E-state index >= 15 is 0 Å². The molecule has 0 saturated heterocycles. The molecule has 0 spiro atoms. The zero-order chi connectivity index (χ0) is 50.1. The fourth-order valence-corrected chi connectivity index (χ4v) is 12.1. The van der Waals surface area contributed by atoms with Crippen molar-refractivity contribution in [3.8, 4) is 22.3 Å². The molecule has 76 heavy (non-hydrogen) atoms. The van der Waals surface area contributed by atoms with Crippen LogP contribution in [-0.4, -0.2) is 0 Å². The van der Waals surface area contributed by atoms with Gasteiger partial charge in [0.25, 0.3) is 0 Å². The van der Waals surface area contributed by atoms with E-state index in [1.54, 1.807) is 0 Å². The average molecular weight is 965 g/mol. The molecule has 0 fully saturated rings. The summed E-state index contributed by atoms with van der Waals surface area (Å²) in [5.74, 6) is 0. The van der Waals surface area contributed by atoms with E-state index in [0.717, 1.165) is 34.1 Å². The Hall–Kier alpha value is -10.0. The maximum atomic E-state index is 2.47. The van der Waals surface area contributed by atoms with Crippen molar-refractivity contribution in [1.82, 2.24) is 0 Å². The van der Waals surface area contributed by atoms with Gasteiger partial charge in [-0.15, -0.1) is 0 Å². The zero-order valence-corrected chi connectivity index (χ0v) is 41.6. The van der Waals surface area contributed by atoms with Crippen LogP contribution >= 0.6 is 0 Å². The molecule has 0 unspecified atom stereocenters. The molecule has 15 aromatic rings. The van der Waals surface area contributed by atoms with Gasteiger partial charge < -0.3 is 9.80 Å². The van der Waals surface area contributed by atoms with Crippen LogP contribution in [-0.2, 0) is 0 Å². The highest BCUT2D eigenvalue weighted by atomic mass is 15.1. The standard InChI is InChI=1S/C74H48N2/c1-5-21-55-43-59(35-31-49(55)15-1)75(60-36-32-50-16-2-6-22-56(50)44-60)63-39-41-69-71(47-63)73(67-29-13-25-53-19-9-11-27-65(53)67)70-42-40-64(48-72(70)74(69)68-30-14-26-54-20-10-12-28-66(54)68)76(61-37-33-51-17-3-7-23-57(51)45-61)62-38-34-52-18-4-8-24-58(52)46-62/h1-48H. The minimum atomic E-state index is 1.08. The van der Waals surface area contributed by atoms with E-state index in [4.69, 9.17) is 0 Å². The Balaban J connectivity index is 1.07. The summed E-state index contributed by atoms with van der Waals surface area (Å²) in [6, 6.07) is 108. The average Bonchev–Trinajstić information content (AvgIpc) is 3.51. The zero-order valence-electron chi connectivity index (χ0n) is 41.6. The molecule has 0 amide bonds. The summed E-state index contributed by atoms with van der Waals surface area (Å²) in [5, 5.41) is 19.2. The molecular weight excluding hydrogens is 917 g/mol. The number of fused-ring (bicyclic) bond motifs is 8. The number of hydrogen-bond donors (Lipinski definition) is 0. The van der Waals surface area contributed by atoms with Crippen molar-refractivity contribution < 1.29 is 0 Å². The second-order valence-corrected chi connectivity index (χ2v) is 20.1. The second-order valence-electron chi connectivity index (χ2n) is 20.1.